The number of amides is 2. The van der Waals surface area contributed by atoms with Gasteiger partial charge in [-0.05, 0) is 25.5 Å². The van der Waals surface area contributed by atoms with Crippen LogP contribution in [0.5, 0.6) is 0 Å². The van der Waals surface area contributed by atoms with Gasteiger partial charge < -0.3 is 19.8 Å². The number of nitrogens with one attached hydrogen (secondary N) is 1. The molecule has 0 unspecified atom stereocenters. The zero-order valence-electron chi connectivity index (χ0n) is 18.4. The average molecular weight is 472 g/mol. The van der Waals surface area contributed by atoms with Crippen LogP contribution < -0.4 is 5.32 Å². The van der Waals surface area contributed by atoms with E-state index in [2.05, 4.69) is 9.97 Å². The molecule has 4 atom stereocenters. The fourth-order valence-corrected chi connectivity index (χ4v) is 5.34. The number of fused-ring (bicyclic) bond motifs is 1. The Morgan fingerprint density at radius 2 is 2.00 bits per heavy atom. The van der Waals surface area contributed by atoms with Crippen molar-refractivity contribution in [3.05, 3.63) is 47.5 Å². The molecule has 9 nitrogen and oxygen atoms in total. The maximum Gasteiger partial charge on any atom is 0.378 e. The summed E-state index contributed by atoms with van der Waals surface area (Å²) in [6, 6.07) is 8.14. The summed E-state index contributed by atoms with van der Waals surface area (Å²) in [5, 5.41) is 13.4. The summed E-state index contributed by atoms with van der Waals surface area (Å²) in [5.74, 6) is -3.75. The van der Waals surface area contributed by atoms with Gasteiger partial charge in [0.05, 0.1) is 12.8 Å². The molecule has 0 bridgehead atoms. The minimum Gasteiger partial charge on any atom is -0.543 e. The maximum atomic E-state index is 13.0. The first-order valence-corrected chi connectivity index (χ1v) is 11.4. The van der Waals surface area contributed by atoms with Crippen molar-refractivity contribution >= 4 is 43.6 Å². The monoisotopic (exact) mass is 472 g/mol. The number of esters is 1. The summed E-state index contributed by atoms with van der Waals surface area (Å²) in [6.07, 6.45) is 1.34. The first-order valence-electron chi connectivity index (χ1n) is 10.4. The highest BCUT2D eigenvalue weighted by molar-refractivity contribution is 8.00. The smallest absolute Gasteiger partial charge is 0.378 e. The van der Waals surface area contributed by atoms with Crippen LogP contribution in [0.3, 0.4) is 0 Å². The van der Waals surface area contributed by atoms with Gasteiger partial charge in [0, 0.05) is 11.7 Å². The van der Waals surface area contributed by atoms with E-state index >= 15 is 0 Å². The predicted molar refractivity (Wildman–Crippen MR) is 120 cm³/mol. The fourth-order valence-electron chi connectivity index (χ4n) is 3.77. The molecule has 2 amide bonds. The molecular formula is C22H25BN2O7S. The highest BCUT2D eigenvalue weighted by Gasteiger charge is 2.66. The molecule has 33 heavy (non-hydrogen) atoms. The Labute approximate surface area is 197 Å². The molecule has 2 aliphatic heterocycles. The Hall–Kier alpha value is -2.79. The molecule has 2 N–H and O–H groups in total. The Balaban J connectivity index is 1.76. The zero-order valence-corrected chi connectivity index (χ0v) is 19.2. The molecule has 2 fully saturated rings. The predicted octanol–water partition coefficient (Wildman–Crippen LogP) is 0.460. The van der Waals surface area contributed by atoms with Crippen LogP contribution in [0, 0.1) is 5.92 Å². The number of ether oxygens (including phenoxy) is 1. The van der Waals surface area contributed by atoms with Crippen molar-refractivity contribution in [2.75, 3.05) is 12.4 Å². The van der Waals surface area contributed by atoms with Crippen LogP contribution in [0.25, 0.3) is 0 Å². The van der Waals surface area contributed by atoms with Gasteiger partial charge in [0.2, 0.25) is 11.6 Å². The molecule has 0 aliphatic carbocycles. The number of carbonyl (C=O) groups is 4. The summed E-state index contributed by atoms with van der Waals surface area (Å²) in [4.78, 5) is 51.1. The molecule has 2 radical (unpaired) electrons. The number of benzene rings is 1. The highest BCUT2D eigenvalue weighted by atomic mass is 32.2. The number of thioether (sulfide) groups is 1. The second-order valence-electron chi connectivity index (χ2n) is 8.14. The van der Waals surface area contributed by atoms with E-state index in [1.54, 1.807) is 18.2 Å². The van der Waals surface area contributed by atoms with Gasteiger partial charge in [0.1, 0.15) is 18.0 Å². The molecule has 3 rings (SSSR count). The highest BCUT2D eigenvalue weighted by Crippen LogP contribution is 2.47. The average Bonchev–Trinajstić information content (AvgIpc) is 2.78. The third kappa shape index (κ3) is 5.25. The van der Waals surface area contributed by atoms with Crippen LogP contribution in [0.15, 0.2) is 42.0 Å². The van der Waals surface area contributed by atoms with E-state index in [1.165, 1.54) is 11.8 Å². The van der Waals surface area contributed by atoms with E-state index < -0.39 is 40.9 Å². The molecule has 174 valence electrons. The lowest BCUT2D eigenvalue weighted by molar-refractivity contribution is -0.221. The van der Waals surface area contributed by atoms with Crippen LogP contribution in [0.1, 0.15) is 25.8 Å². The second-order valence-corrected chi connectivity index (χ2v) is 9.29. The quantitative estimate of drug-likeness (QED) is 0.242. The molecule has 11 heteroatoms. The number of nitrogens with zero attached hydrogens (tertiary/aromatic N) is 1. The lowest BCUT2D eigenvalue weighted by Crippen LogP contribution is -2.81. The number of hydrogen-bond donors (Lipinski definition) is 2. The van der Waals surface area contributed by atoms with Gasteiger partial charge in [-0.3, -0.25) is 19.3 Å². The second kappa shape index (κ2) is 10.4. The van der Waals surface area contributed by atoms with Crippen molar-refractivity contribution in [2.45, 2.75) is 43.8 Å². The number of aliphatic hydroxyl groups is 1. The molecule has 1 aromatic rings. The van der Waals surface area contributed by atoms with Crippen molar-refractivity contribution in [2.24, 2.45) is 5.92 Å². The SMILES string of the molecule is [B]OC(=O)C[C@H]1CS[C@@H]2[C@H](NC(=O)Cc3ccccc3)C(=O)N2[C@]1(O)C(=O)OCC=C(C)C. The number of allylic oxidation sites excluding steroid dienone is 1. The number of hydrogen-bond acceptors (Lipinski definition) is 8. The van der Waals surface area contributed by atoms with Gasteiger partial charge in [-0.15, -0.1) is 11.8 Å². The van der Waals surface area contributed by atoms with Crippen molar-refractivity contribution in [1.82, 2.24) is 10.2 Å². The minimum atomic E-state index is -2.39. The van der Waals surface area contributed by atoms with Gasteiger partial charge in [-0.25, -0.2) is 4.79 Å². The molecule has 2 saturated heterocycles. The lowest BCUT2D eigenvalue weighted by atomic mass is 9.87. The molecule has 0 saturated carbocycles. The number of carbonyl (C=O) groups excluding carboxylic acids is 4. The molecule has 0 aromatic heterocycles. The summed E-state index contributed by atoms with van der Waals surface area (Å²) in [5.41, 5.74) is -0.705. The van der Waals surface area contributed by atoms with Gasteiger partial charge in [0.25, 0.3) is 11.9 Å². The summed E-state index contributed by atoms with van der Waals surface area (Å²) < 4.78 is 9.39. The first kappa shape index (κ1) is 24.8. The van der Waals surface area contributed by atoms with E-state index in [0.29, 0.717) is 0 Å². The molecular weight excluding hydrogens is 447 g/mol. The number of β-lactam (4-membered cyclic amide) rings is 1. The molecule has 1 aromatic carbocycles. The Bertz CT molecular complexity index is 953. The van der Waals surface area contributed by atoms with Crippen LogP contribution >= 0.6 is 11.8 Å². The fraction of sp³-hybridized carbons (Fsp3) is 0.455. The summed E-state index contributed by atoms with van der Waals surface area (Å²) in [6.45, 7) is 3.53. The van der Waals surface area contributed by atoms with Gasteiger partial charge in [-0.1, -0.05) is 35.9 Å². The van der Waals surface area contributed by atoms with Crippen molar-refractivity contribution in [1.29, 1.82) is 0 Å². The summed E-state index contributed by atoms with van der Waals surface area (Å²) in [7, 11) is 4.92. The largest absolute Gasteiger partial charge is 0.543 e. The number of rotatable bonds is 8. The van der Waals surface area contributed by atoms with Crippen LogP contribution in [0.2, 0.25) is 0 Å². The van der Waals surface area contributed by atoms with Crippen molar-refractivity contribution < 1.29 is 33.7 Å². The Kier molecular flexibility index (Phi) is 7.86. The minimum absolute atomic E-state index is 0.0853. The van der Waals surface area contributed by atoms with Gasteiger partial charge >= 0.3 is 14.0 Å². The van der Waals surface area contributed by atoms with E-state index in [9.17, 15) is 24.3 Å². The van der Waals surface area contributed by atoms with E-state index in [-0.39, 0.29) is 31.1 Å². The maximum absolute atomic E-state index is 13.0. The first-order chi connectivity index (χ1) is 15.7. The normalized spacial score (nSPS) is 25.8. The topological polar surface area (TPSA) is 122 Å². The van der Waals surface area contributed by atoms with E-state index in [4.69, 9.17) is 12.8 Å². The standard InChI is InChI=1S/C22H25BN2O7S/c1-13(2)8-9-31-21(29)22(30)15(11-17(27)32-23)12-33-20-18(19(28)25(20)22)24-16(26)10-14-6-4-3-5-7-14/h3-8,15,18,20,30H,9-12H2,1-2H3,(H,24,26)/t15-,18+,20+,22+/m0/s1. The van der Waals surface area contributed by atoms with Gasteiger partial charge in [0.15, 0.2) is 0 Å². The van der Waals surface area contributed by atoms with Crippen LogP contribution in [0.4, 0.5) is 0 Å². The Morgan fingerprint density at radius 1 is 1.30 bits per heavy atom. The zero-order chi connectivity index (χ0) is 24.2. The van der Waals surface area contributed by atoms with E-state index in [0.717, 1.165) is 16.0 Å². The molecule has 0 spiro atoms. The Morgan fingerprint density at radius 3 is 2.64 bits per heavy atom. The van der Waals surface area contributed by atoms with E-state index in [1.807, 2.05) is 32.0 Å². The third-order valence-corrected chi connectivity index (χ3v) is 6.94. The molecule has 2 aliphatic rings. The summed E-state index contributed by atoms with van der Waals surface area (Å²) >= 11 is 1.24. The van der Waals surface area contributed by atoms with Crippen LogP contribution in [-0.4, -0.2) is 71.3 Å². The van der Waals surface area contributed by atoms with Gasteiger partial charge in [-0.2, -0.15) is 0 Å². The van der Waals surface area contributed by atoms with Crippen LogP contribution in [-0.2, 0) is 35.0 Å². The van der Waals surface area contributed by atoms with Crippen molar-refractivity contribution in [3.8, 4) is 0 Å². The third-order valence-electron chi connectivity index (χ3n) is 5.52. The molecule has 2 heterocycles. The van der Waals surface area contributed by atoms with Crippen molar-refractivity contribution in [3.63, 3.8) is 0 Å². The lowest BCUT2D eigenvalue weighted by Gasteiger charge is -2.58.